The summed E-state index contributed by atoms with van der Waals surface area (Å²) in [5.41, 5.74) is -0.871. The Kier molecular flexibility index (Phi) is 11.4. The summed E-state index contributed by atoms with van der Waals surface area (Å²) in [7, 11) is -4.20. The fourth-order valence-corrected chi connectivity index (χ4v) is 4.45. The average Bonchev–Trinajstić information content (AvgIpc) is 3.25. The maximum atomic E-state index is 13.6. The summed E-state index contributed by atoms with van der Waals surface area (Å²) in [6.45, 7) is -0.291. The van der Waals surface area contributed by atoms with Crippen LogP contribution in [0.25, 0.3) is 0 Å². The number of halogens is 8. The molecule has 1 aromatic heterocycles. The van der Waals surface area contributed by atoms with Gasteiger partial charge in [-0.15, -0.1) is 10.2 Å². The largest absolute Gasteiger partial charge is 0.433 e. The Labute approximate surface area is 233 Å². The maximum absolute atomic E-state index is 13.6. The molecule has 0 atom stereocenters. The second-order valence-electron chi connectivity index (χ2n) is 8.24. The normalized spacial score (nSPS) is 12.6. The predicted octanol–water partition coefficient (Wildman–Crippen LogP) is 6.78. The van der Waals surface area contributed by atoms with Gasteiger partial charge in [-0.3, -0.25) is 14.1 Å². The first-order chi connectivity index (χ1) is 19.5. The van der Waals surface area contributed by atoms with Gasteiger partial charge >= 0.3 is 32.4 Å². The Morgan fingerprint density at radius 1 is 1.02 bits per heavy atom. The molecular formula is C22H23F8N8O3P. The van der Waals surface area contributed by atoms with Crippen LogP contribution in [0.5, 0.6) is 0 Å². The van der Waals surface area contributed by atoms with E-state index in [1.54, 1.807) is 30.9 Å². The lowest BCUT2D eigenvalue weighted by Gasteiger charge is -2.26. The number of rotatable bonds is 15. The number of benzene rings is 1. The van der Waals surface area contributed by atoms with Crippen LogP contribution in [0.2, 0.25) is 0 Å². The molecule has 20 heteroatoms. The molecule has 0 saturated heterocycles. The summed E-state index contributed by atoms with van der Waals surface area (Å²) >= 11 is 0. The zero-order valence-electron chi connectivity index (χ0n) is 22.0. The molecule has 0 saturated carbocycles. The van der Waals surface area contributed by atoms with Crippen molar-refractivity contribution in [2.24, 2.45) is 17.3 Å². The zero-order valence-corrected chi connectivity index (χ0v) is 22.9. The van der Waals surface area contributed by atoms with Gasteiger partial charge in [0.15, 0.2) is 11.4 Å². The lowest BCUT2D eigenvalue weighted by Crippen LogP contribution is -2.34. The van der Waals surface area contributed by atoms with Gasteiger partial charge in [-0.05, 0) is 32.0 Å². The van der Waals surface area contributed by atoms with E-state index in [-0.39, 0.29) is 23.0 Å². The van der Waals surface area contributed by atoms with E-state index >= 15 is 0 Å². The van der Waals surface area contributed by atoms with E-state index in [2.05, 4.69) is 24.3 Å². The van der Waals surface area contributed by atoms with Gasteiger partial charge in [0.05, 0.1) is 5.69 Å². The highest BCUT2D eigenvalue weighted by Crippen LogP contribution is 2.52. The number of azo groups is 1. The fraction of sp³-hybridized carbons (Fsp3) is 0.500. The van der Waals surface area contributed by atoms with E-state index in [9.17, 15) is 45.0 Å². The van der Waals surface area contributed by atoms with Crippen molar-refractivity contribution in [3.63, 3.8) is 0 Å². The highest BCUT2D eigenvalue weighted by Gasteiger charge is 2.47. The number of nitrogens with zero attached hydrogens (tertiary/aromatic N) is 7. The summed E-state index contributed by atoms with van der Waals surface area (Å²) in [6.07, 6.45) is -8.64. The van der Waals surface area contributed by atoms with Crippen molar-refractivity contribution in [1.82, 2.24) is 9.55 Å². The predicted molar refractivity (Wildman–Crippen MR) is 132 cm³/mol. The van der Waals surface area contributed by atoms with Crippen molar-refractivity contribution in [3.8, 4) is 12.1 Å². The summed E-state index contributed by atoms with van der Waals surface area (Å²) < 4.78 is 128. The first-order valence-corrected chi connectivity index (χ1v) is 13.2. The lowest BCUT2D eigenvalue weighted by atomic mass is 10.2. The van der Waals surface area contributed by atoms with Crippen LogP contribution in [0, 0.1) is 22.7 Å². The fourth-order valence-electron chi connectivity index (χ4n) is 3.08. The lowest BCUT2D eigenvalue weighted by molar-refractivity contribution is -0.158. The van der Waals surface area contributed by atoms with Crippen molar-refractivity contribution in [2.45, 2.75) is 38.5 Å². The van der Waals surface area contributed by atoms with E-state index in [0.717, 1.165) is 4.57 Å². The van der Waals surface area contributed by atoms with E-state index in [1.807, 2.05) is 5.09 Å². The van der Waals surface area contributed by atoms with Gasteiger partial charge in [0.25, 0.3) is 5.95 Å². The summed E-state index contributed by atoms with van der Waals surface area (Å²) in [6, 6.07) is 7.28. The highest BCUT2D eigenvalue weighted by atomic mass is 31.2. The van der Waals surface area contributed by atoms with Crippen molar-refractivity contribution in [2.75, 3.05) is 36.3 Å². The molecule has 1 N–H and O–H groups in total. The highest BCUT2D eigenvalue weighted by molar-refractivity contribution is 7.55. The van der Waals surface area contributed by atoms with E-state index in [1.165, 1.54) is 25.2 Å². The first kappa shape index (κ1) is 34.4. The molecule has 230 valence electrons. The molecule has 0 spiro atoms. The van der Waals surface area contributed by atoms with Crippen LogP contribution in [0.4, 0.5) is 58.1 Å². The minimum absolute atomic E-state index is 0.173. The number of imidazole rings is 1. The molecule has 0 aliphatic heterocycles. The Morgan fingerprint density at radius 2 is 1.57 bits per heavy atom. The summed E-state index contributed by atoms with van der Waals surface area (Å²) in [4.78, 5) is 5.53. The van der Waals surface area contributed by atoms with Crippen LogP contribution in [0.15, 0.2) is 28.4 Å². The third-order valence-corrected chi connectivity index (χ3v) is 6.84. The molecule has 0 fully saturated rings. The summed E-state index contributed by atoms with van der Waals surface area (Å²) in [5, 5.41) is 27.9. The quantitative estimate of drug-likeness (QED) is 0.129. The topological polar surface area (TPSA) is 141 Å². The molecule has 0 unspecified atom stereocenters. The number of anilines is 2. The number of alkyl halides is 8. The molecule has 0 aliphatic rings. The second kappa shape index (κ2) is 13.9. The Balaban J connectivity index is 2.61. The van der Waals surface area contributed by atoms with Crippen LogP contribution in [-0.4, -0.2) is 60.6 Å². The van der Waals surface area contributed by atoms with E-state index in [4.69, 9.17) is 5.26 Å². The van der Waals surface area contributed by atoms with Crippen molar-refractivity contribution < 1.29 is 48.7 Å². The van der Waals surface area contributed by atoms with Gasteiger partial charge in [-0.2, -0.15) is 33.1 Å². The van der Waals surface area contributed by atoms with Crippen molar-refractivity contribution in [3.05, 3.63) is 29.6 Å². The molecule has 0 aliphatic carbocycles. The Hall–Kier alpha value is -3.80. The Morgan fingerprint density at radius 3 is 2.00 bits per heavy atom. The minimum atomic E-state index is -5.53. The van der Waals surface area contributed by atoms with Gasteiger partial charge in [0, 0.05) is 25.8 Å². The second-order valence-corrected chi connectivity index (χ2v) is 9.98. The third kappa shape index (κ3) is 8.37. The molecule has 0 radical (unpaired) electrons. The molecule has 0 bridgehead atoms. The number of aromatic nitrogens is 2. The van der Waals surface area contributed by atoms with Crippen LogP contribution in [0.3, 0.4) is 0 Å². The van der Waals surface area contributed by atoms with Crippen LogP contribution >= 0.6 is 7.75 Å². The number of nitrogens with one attached hydrogen (secondary N) is 1. The molecule has 2 rings (SSSR count). The average molecular weight is 630 g/mol. The molecule has 42 heavy (non-hydrogen) atoms. The molecule has 2 aromatic rings. The number of nitriles is 2. The molecule has 1 aromatic carbocycles. The SMILES string of the molecule is CCN(CC)c1ccc(N=Nc2nc(C#N)c(C#N)n2C)c(NP(=O)(OCC(F)(F)C(F)F)OCC(F)(F)C(F)F)c1. The smallest absolute Gasteiger partial charge is 0.372 e. The minimum Gasteiger partial charge on any atom is -0.372 e. The van der Waals surface area contributed by atoms with Gasteiger partial charge in [0.2, 0.25) is 0 Å². The summed E-state index contributed by atoms with van der Waals surface area (Å²) in [5.74, 6) is -10.1. The maximum Gasteiger partial charge on any atom is 0.433 e. The monoisotopic (exact) mass is 630 g/mol. The number of hydrogen-bond acceptors (Lipinski definition) is 9. The third-order valence-electron chi connectivity index (χ3n) is 5.39. The van der Waals surface area contributed by atoms with Gasteiger partial charge in [0.1, 0.15) is 31.0 Å². The van der Waals surface area contributed by atoms with Crippen molar-refractivity contribution in [1.29, 1.82) is 10.5 Å². The molecule has 11 nitrogen and oxygen atoms in total. The molecular weight excluding hydrogens is 607 g/mol. The van der Waals surface area contributed by atoms with Gasteiger partial charge in [-0.25, -0.2) is 22.1 Å². The molecule has 0 amide bonds. The van der Waals surface area contributed by atoms with Crippen LogP contribution in [0.1, 0.15) is 25.2 Å². The Bertz CT molecular complexity index is 1380. The first-order valence-electron chi connectivity index (χ1n) is 11.7. The van der Waals surface area contributed by atoms with E-state index in [0.29, 0.717) is 18.8 Å². The van der Waals surface area contributed by atoms with Crippen LogP contribution < -0.4 is 9.99 Å². The molecule has 1 heterocycles. The number of hydrogen-bond donors (Lipinski definition) is 1. The van der Waals surface area contributed by atoms with Gasteiger partial charge in [-0.1, -0.05) is 0 Å². The van der Waals surface area contributed by atoms with E-state index < -0.39 is 51.3 Å². The van der Waals surface area contributed by atoms with Crippen LogP contribution in [-0.2, 0) is 20.7 Å². The zero-order chi connectivity index (χ0) is 31.9. The van der Waals surface area contributed by atoms with Crippen molar-refractivity contribution >= 4 is 30.8 Å². The standard InChI is InChI=1S/C22H23F8N8O3P/c1-4-38(5-2)13-6-7-14(34-35-20-33-16(9-31)17(10-32)37(20)3)15(8-13)36-42(39,40-11-21(27,28)18(23)24)41-12-22(29,30)19(25)26/h6-8,18-19H,4-5,11-12H2,1-3H3,(H,36,39). The van der Waals surface area contributed by atoms with Gasteiger partial charge < -0.3 is 9.47 Å².